The van der Waals surface area contributed by atoms with Crippen LogP contribution < -0.4 is 5.43 Å². The molecule has 2 heterocycles. The molecule has 1 aliphatic heterocycles. The van der Waals surface area contributed by atoms with Gasteiger partial charge in [-0.05, 0) is 25.5 Å². The molecule has 0 aromatic carbocycles. The normalized spacial score (nSPS) is 19.9. The molecule has 1 unspecified atom stereocenters. The number of rotatable bonds is 4. The topological polar surface area (TPSA) is 24.5 Å². The lowest BCUT2D eigenvalue weighted by atomic mass is 10.3. The van der Waals surface area contributed by atoms with Gasteiger partial charge in [0.2, 0.25) is 0 Å². The van der Waals surface area contributed by atoms with E-state index in [2.05, 4.69) is 36.4 Å². The van der Waals surface area contributed by atoms with Gasteiger partial charge in [-0.15, -0.1) is 11.3 Å². The van der Waals surface area contributed by atoms with Gasteiger partial charge in [-0.25, -0.2) is 10.4 Å². The van der Waals surface area contributed by atoms with Crippen molar-refractivity contribution < 1.29 is 4.74 Å². The molecule has 0 amide bonds. The fraction of sp³-hybridized carbons (Fsp3) is 0.667. The van der Waals surface area contributed by atoms with Gasteiger partial charge in [0, 0.05) is 22.8 Å². The van der Waals surface area contributed by atoms with Crippen LogP contribution in [0.1, 0.15) is 29.6 Å². The van der Waals surface area contributed by atoms with Crippen molar-refractivity contribution in [2.45, 2.75) is 26.3 Å². The number of nitrogens with one attached hydrogen (secondary N) is 1. The van der Waals surface area contributed by atoms with E-state index in [-0.39, 0.29) is 0 Å². The Hall–Kier alpha value is -0.420. The number of aryl methyl sites for hydroxylation is 1. The summed E-state index contributed by atoms with van der Waals surface area (Å²) in [7, 11) is 0. The lowest BCUT2D eigenvalue weighted by Crippen LogP contribution is -2.46. The number of ether oxygens (including phenoxy) is 1. The van der Waals surface area contributed by atoms with Crippen molar-refractivity contribution in [2.75, 3.05) is 26.3 Å². The molecule has 3 nitrogen and oxygen atoms in total. The molecule has 1 N–H and O–H groups in total. The van der Waals surface area contributed by atoms with Crippen LogP contribution in [0.4, 0.5) is 0 Å². The average molecular weight is 240 g/mol. The van der Waals surface area contributed by atoms with Crippen molar-refractivity contribution in [1.29, 1.82) is 0 Å². The van der Waals surface area contributed by atoms with Crippen molar-refractivity contribution in [3.63, 3.8) is 0 Å². The number of thiophene rings is 1. The van der Waals surface area contributed by atoms with Gasteiger partial charge >= 0.3 is 0 Å². The van der Waals surface area contributed by atoms with E-state index in [4.69, 9.17) is 4.74 Å². The molecule has 16 heavy (non-hydrogen) atoms. The van der Waals surface area contributed by atoms with Crippen molar-refractivity contribution in [3.05, 3.63) is 21.9 Å². The Morgan fingerprint density at radius 2 is 2.19 bits per heavy atom. The minimum atomic E-state index is 0.406. The van der Waals surface area contributed by atoms with Crippen LogP contribution in [0.15, 0.2) is 12.1 Å². The summed E-state index contributed by atoms with van der Waals surface area (Å²) in [4.78, 5) is 2.88. The summed E-state index contributed by atoms with van der Waals surface area (Å²) < 4.78 is 5.33. The molecule has 1 atom stereocenters. The highest BCUT2D eigenvalue weighted by Crippen LogP contribution is 2.23. The molecule has 1 saturated heterocycles. The predicted octanol–water partition coefficient (Wildman–Crippen LogP) is 2.21. The van der Waals surface area contributed by atoms with Gasteiger partial charge in [0.25, 0.3) is 0 Å². The molecular formula is C12H20N2OS. The summed E-state index contributed by atoms with van der Waals surface area (Å²) in [6.07, 6.45) is 1.13. The van der Waals surface area contributed by atoms with Gasteiger partial charge in [0.1, 0.15) is 0 Å². The van der Waals surface area contributed by atoms with E-state index in [1.807, 2.05) is 11.3 Å². The maximum absolute atomic E-state index is 5.33. The van der Waals surface area contributed by atoms with Crippen molar-refractivity contribution in [3.8, 4) is 0 Å². The molecule has 0 spiro atoms. The molecule has 2 rings (SSSR count). The van der Waals surface area contributed by atoms with E-state index >= 15 is 0 Å². The smallest absolute Gasteiger partial charge is 0.0608 e. The Bertz CT molecular complexity index is 321. The molecule has 1 aromatic rings. The van der Waals surface area contributed by atoms with E-state index in [0.29, 0.717) is 6.04 Å². The standard InChI is InChI=1S/C12H20N2OS/c1-3-11-4-5-12(16-11)10(2)13-14-6-8-15-9-7-14/h4-5,10,13H,3,6-9H2,1-2H3. The monoisotopic (exact) mass is 240 g/mol. The van der Waals surface area contributed by atoms with Crippen LogP contribution in [0.25, 0.3) is 0 Å². The van der Waals surface area contributed by atoms with Gasteiger partial charge in [-0.3, -0.25) is 0 Å². The first-order valence-corrected chi connectivity index (χ1v) is 6.78. The lowest BCUT2D eigenvalue weighted by molar-refractivity contribution is 0.00511. The Morgan fingerprint density at radius 1 is 1.44 bits per heavy atom. The zero-order valence-corrected chi connectivity index (χ0v) is 10.8. The van der Waals surface area contributed by atoms with Crippen LogP contribution >= 0.6 is 11.3 Å². The second-order valence-corrected chi connectivity index (χ2v) is 5.31. The van der Waals surface area contributed by atoms with Gasteiger partial charge < -0.3 is 4.74 Å². The Labute approximate surface area is 101 Å². The SMILES string of the molecule is CCc1ccc(C(C)NN2CCOCC2)s1. The van der Waals surface area contributed by atoms with E-state index in [1.54, 1.807) is 0 Å². The molecule has 90 valence electrons. The second kappa shape index (κ2) is 5.77. The minimum absolute atomic E-state index is 0.406. The number of hydrogen-bond donors (Lipinski definition) is 1. The summed E-state index contributed by atoms with van der Waals surface area (Å²) in [5.41, 5.74) is 3.54. The summed E-state index contributed by atoms with van der Waals surface area (Å²) in [5.74, 6) is 0. The first-order chi connectivity index (χ1) is 7.79. The van der Waals surface area contributed by atoms with Gasteiger partial charge in [0.05, 0.1) is 19.3 Å². The fourth-order valence-corrected chi connectivity index (χ4v) is 2.80. The van der Waals surface area contributed by atoms with Crippen molar-refractivity contribution in [2.24, 2.45) is 0 Å². The number of morpholine rings is 1. The quantitative estimate of drug-likeness (QED) is 0.873. The van der Waals surface area contributed by atoms with Crippen LogP contribution in [0.5, 0.6) is 0 Å². The zero-order valence-electron chi connectivity index (χ0n) is 10.0. The predicted molar refractivity (Wildman–Crippen MR) is 67.6 cm³/mol. The third kappa shape index (κ3) is 3.04. The highest BCUT2D eigenvalue weighted by molar-refractivity contribution is 7.12. The van der Waals surface area contributed by atoms with Gasteiger partial charge in [-0.2, -0.15) is 0 Å². The molecule has 1 fully saturated rings. The summed E-state index contributed by atoms with van der Waals surface area (Å²) >= 11 is 1.91. The molecule has 1 aliphatic rings. The molecule has 0 bridgehead atoms. The Morgan fingerprint density at radius 3 is 2.81 bits per heavy atom. The number of hydrazine groups is 1. The maximum atomic E-state index is 5.33. The third-order valence-corrected chi connectivity index (χ3v) is 4.26. The molecular weight excluding hydrogens is 220 g/mol. The number of hydrogen-bond acceptors (Lipinski definition) is 4. The maximum Gasteiger partial charge on any atom is 0.0608 e. The molecule has 0 saturated carbocycles. The van der Waals surface area contributed by atoms with E-state index in [0.717, 1.165) is 32.7 Å². The van der Waals surface area contributed by atoms with Crippen LogP contribution in [0.2, 0.25) is 0 Å². The Balaban J connectivity index is 1.88. The van der Waals surface area contributed by atoms with E-state index in [9.17, 15) is 0 Å². The highest BCUT2D eigenvalue weighted by atomic mass is 32.1. The van der Waals surface area contributed by atoms with Crippen molar-refractivity contribution >= 4 is 11.3 Å². The van der Waals surface area contributed by atoms with Crippen LogP contribution in [-0.4, -0.2) is 31.3 Å². The summed E-state index contributed by atoms with van der Waals surface area (Å²) in [5, 5.41) is 2.26. The number of nitrogens with zero attached hydrogens (tertiary/aromatic N) is 1. The summed E-state index contributed by atoms with van der Waals surface area (Å²) in [6.45, 7) is 8.07. The molecule has 0 aliphatic carbocycles. The Kier molecular flexibility index (Phi) is 4.35. The first kappa shape index (κ1) is 12.0. The third-order valence-electron chi connectivity index (χ3n) is 2.84. The zero-order chi connectivity index (χ0) is 11.4. The fourth-order valence-electron chi connectivity index (χ4n) is 1.85. The molecule has 0 radical (unpaired) electrons. The largest absolute Gasteiger partial charge is 0.379 e. The van der Waals surface area contributed by atoms with Crippen molar-refractivity contribution in [1.82, 2.24) is 10.4 Å². The highest BCUT2D eigenvalue weighted by Gasteiger charge is 2.14. The van der Waals surface area contributed by atoms with Gasteiger partial charge in [-0.1, -0.05) is 6.92 Å². The van der Waals surface area contributed by atoms with E-state index in [1.165, 1.54) is 9.75 Å². The minimum Gasteiger partial charge on any atom is -0.379 e. The molecule has 4 heteroatoms. The van der Waals surface area contributed by atoms with Crippen LogP contribution in [0.3, 0.4) is 0 Å². The molecule has 1 aromatic heterocycles. The summed E-state index contributed by atoms with van der Waals surface area (Å²) in [6, 6.07) is 4.88. The first-order valence-electron chi connectivity index (χ1n) is 5.97. The van der Waals surface area contributed by atoms with Crippen LogP contribution in [-0.2, 0) is 11.2 Å². The lowest BCUT2D eigenvalue weighted by Gasteiger charge is -2.29. The van der Waals surface area contributed by atoms with Gasteiger partial charge in [0.15, 0.2) is 0 Å². The van der Waals surface area contributed by atoms with E-state index < -0.39 is 0 Å². The van der Waals surface area contributed by atoms with Crippen LogP contribution in [0, 0.1) is 0 Å². The second-order valence-electron chi connectivity index (χ2n) is 4.11. The average Bonchev–Trinajstić information content (AvgIpc) is 2.79.